The fourth-order valence-corrected chi connectivity index (χ4v) is 6.56. The van der Waals surface area contributed by atoms with E-state index >= 15 is 0 Å². The second-order valence-corrected chi connectivity index (χ2v) is 11.0. The van der Waals surface area contributed by atoms with Gasteiger partial charge >= 0.3 is 5.97 Å². The summed E-state index contributed by atoms with van der Waals surface area (Å²) < 4.78 is 35.4. The Morgan fingerprint density at radius 3 is 2.53 bits per heavy atom. The third kappa shape index (κ3) is 5.04. The molecule has 4 atom stereocenters. The summed E-state index contributed by atoms with van der Waals surface area (Å²) in [6, 6.07) is 13.5. The number of hydrogen-bond donors (Lipinski definition) is 3. The van der Waals surface area contributed by atoms with E-state index in [1.807, 2.05) is 31.2 Å². The van der Waals surface area contributed by atoms with Crippen molar-refractivity contribution < 1.29 is 28.2 Å². The van der Waals surface area contributed by atoms with E-state index in [9.17, 15) is 18.3 Å². The van der Waals surface area contributed by atoms with Crippen molar-refractivity contribution in [1.29, 1.82) is 0 Å². The molecule has 0 amide bonds. The molecule has 1 heterocycles. The molecular weight excluding hydrogens is 454 g/mol. The molecule has 8 heteroatoms. The summed E-state index contributed by atoms with van der Waals surface area (Å²) in [7, 11) is -3.74. The van der Waals surface area contributed by atoms with Gasteiger partial charge in [0.15, 0.2) is 0 Å². The van der Waals surface area contributed by atoms with Gasteiger partial charge in [-0.3, -0.25) is 4.79 Å². The van der Waals surface area contributed by atoms with Crippen molar-refractivity contribution in [2.75, 3.05) is 6.61 Å². The van der Waals surface area contributed by atoms with Crippen LogP contribution in [0.1, 0.15) is 43.2 Å². The normalized spacial score (nSPS) is 26.3. The maximum atomic E-state index is 13.2. The van der Waals surface area contributed by atoms with E-state index in [0.717, 1.165) is 11.1 Å². The summed E-state index contributed by atoms with van der Waals surface area (Å²) in [5, 5.41) is 18.6. The van der Waals surface area contributed by atoms with E-state index in [0.29, 0.717) is 32.3 Å². The lowest BCUT2D eigenvalue weighted by Gasteiger charge is -2.39. The highest BCUT2D eigenvalue weighted by molar-refractivity contribution is 7.89. The van der Waals surface area contributed by atoms with E-state index in [1.54, 1.807) is 36.4 Å². The molecule has 2 bridgehead atoms. The maximum Gasteiger partial charge on any atom is 0.303 e. The van der Waals surface area contributed by atoms with Crippen LogP contribution in [0.2, 0.25) is 0 Å². The van der Waals surface area contributed by atoms with Crippen molar-refractivity contribution in [2.45, 2.75) is 61.5 Å². The van der Waals surface area contributed by atoms with E-state index in [1.165, 1.54) is 0 Å². The third-order valence-electron chi connectivity index (χ3n) is 7.05. The van der Waals surface area contributed by atoms with Gasteiger partial charge in [0.25, 0.3) is 0 Å². The van der Waals surface area contributed by atoms with Gasteiger partial charge in [0.2, 0.25) is 10.0 Å². The number of sulfonamides is 1. The monoisotopic (exact) mass is 485 g/mol. The third-order valence-corrected chi connectivity index (χ3v) is 8.52. The van der Waals surface area contributed by atoms with Gasteiger partial charge in [0, 0.05) is 11.8 Å². The Balaban J connectivity index is 1.59. The molecule has 2 aromatic rings. The van der Waals surface area contributed by atoms with Crippen LogP contribution in [-0.4, -0.2) is 43.4 Å². The molecule has 0 spiro atoms. The lowest BCUT2D eigenvalue weighted by atomic mass is 9.71. The van der Waals surface area contributed by atoms with Gasteiger partial charge in [-0.25, -0.2) is 13.1 Å². The van der Waals surface area contributed by atoms with Crippen molar-refractivity contribution in [2.24, 2.45) is 5.92 Å². The van der Waals surface area contributed by atoms with Crippen LogP contribution < -0.4 is 4.72 Å². The number of hydrogen-bond acceptors (Lipinski definition) is 5. The molecule has 182 valence electrons. The Morgan fingerprint density at radius 2 is 1.85 bits per heavy atom. The first kappa shape index (κ1) is 24.4. The van der Waals surface area contributed by atoms with Crippen molar-refractivity contribution in [3.63, 3.8) is 0 Å². The van der Waals surface area contributed by atoms with Crippen LogP contribution in [-0.2, 0) is 25.0 Å². The van der Waals surface area contributed by atoms with Gasteiger partial charge in [0.05, 0.1) is 23.6 Å². The number of aromatic hydroxyl groups is 1. The average molecular weight is 486 g/mol. The van der Waals surface area contributed by atoms with Crippen LogP contribution in [0, 0.1) is 12.8 Å². The van der Waals surface area contributed by atoms with Crippen molar-refractivity contribution >= 4 is 16.0 Å². The van der Waals surface area contributed by atoms with Crippen LogP contribution in [0.25, 0.3) is 0 Å². The quantitative estimate of drug-likeness (QED) is 0.347. The topological polar surface area (TPSA) is 113 Å². The Hall–Kier alpha value is -2.68. The summed E-state index contributed by atoms with van der Waals surface area (Å²) in [5.74, 6) is -0.678. The Kier molecular flexibility index (Phi) is 7.12. The zero-order valence-electron chi connectivity index (χ0n) is 19.2. The van der Waals surface area contributed by atoms with Gasteiger partial charge in [-0.15, -0.1) is 0 Å². The number of aliphatic carboxylic acids is 1. The summed E-state index contributed by atoms with van der Waals surface area (Å²) in [6.07, 6.45) is 6.43. The first-order valence-corrected chi connectivity index (χ1v) is 13.1. The Bertz CT molecular complexity index is 1140. The number of phenols is 1. The molecule has 2 aromatic carbocycles. The number of fused-ring (bicyclic) bond motifs is 2. The molecule has 2 unspecified atom stereocenters. The number of unbranched alkanes of at least 4 members (excludes halogenated alkanes) is 1. The lowest BCUT2D eigenvalue weighted by Crippen LogP contribution is -2.51. The minimum absolute atomic E-state index is 0.0493. The van der Waals surface area contributed by atoms with Gasteiger partial charge in [0.1, 0.15) is 5.75 Å². The maximum absolute atomic E-state index is 13.2. The summed E-state index contributed by atoms with van der Waals surface area (Å²) in [4.78, 5) is 11.0. The van der Waals surface area contributed by atoms with Crippen LogP contribution in [0.5, 0.6) is 5.75 Å². The molecule has 2 fully saturated rings. The summed E-state index contributed by atoms with van der Waals surface area (Å²) in [5.41, 5.74) is 1.64. The predicted molar refractivity (Wildman–Crippen MR) is 128 cm³/mol. The number of aryl methyl sites for hydroxylation is 1. The van der Waals surface area contributed by atoms with E-state index in [2.05, 4.69) is 4.72 Å². The molecular formula is C26H31NO6S. The highest BCUT2D eigenvalue weighted by Gasteiger charge is 2.60. The van der Waals surface area contributed by atoms with Crippen molar-refractivity contribution in [3.05, 3.63) is 71.8 Å². The zero-order chi connectivity index (χ0) is 24.3. The fraction of sp³-hybridized carbons (Fsp3) is 0.423. The number of ether oxygens (including phenoxy) is 1. The van der Waals surface area contributed by atoms with E-state index in [-0.39, 0.29) is 34.5 Å². The minimum Gasteiger partial charge on any atom is -0.508 e. The van der Waals surface area contributed by atoms with Gasteiger partial charge in [-0.2, -0.15) is 0 Å². The zero-order valence-corrected chi connectivity index (χ0v) is 20.0. The average Bonchev–Trinajstić information content (AvgIpc) is 3.35. The van der Waals surface area contributed by atoms with E-state index < -0.39 is 22.0 Å². The molecule has 0 aromatic heterocycles. The number of carboxylic acids is 1. The molecule has 4 rings (SSSR count). The fourth-order valence-electron chi connectivity index (χ4n) is 5.26. The second-order valence-electron chi connectivity index (χ2n) is 9.32. The number of phenolic OH excluding ortho intramolecular Hbond substituents is 1. The molecule has 7 nitrogen and oxygen atoms in total. The van der Waals surface area contributed by atoms with Crippen LogP contribution in [0.3, 0.4) is 0 Å². The van der Waals surface area contributed by atoms with Crippen LogP contribution in [0.15, 0.2) is 65.6 Å². The summed E-state index contributed by atoms with van der Waals surface area (Å²) in [6.45, 7) is 2.40. The molecule has 1 saturated heterocycles. The van der Waals surface area contributed by atoms with Crippen LogP contribution in [0.4, 0.5) is 0 Å². The molecule has 1 aliphatic carbocycles. The minimum atomic E-state index is -3.74. The number of allylic oxidation sites excluding steroid dienone is 2. The second kappa shape index (κ2) is 9.90. The Labute approximate surface area is 200 Å². The standard InChI is InChI=1S/C26H31NO6S/c1-18-8-14-21(15-9-18)34(31,32)27-25-22(6-4-2-3-5-7-24(29)30)26(16-23(25)33-17-26)19-10-12-20(28)13-11-19/h2,4,8-15,22-23,25,27-28H,3,5-7,16-17H2,1H3,(H,29,30)/b4-2+/t22-,23?,25-,26?/m0/s1. The number of benzene rings is 2. The SMILES string of the molecule is Cc1ccc(S(=O)(=O)N[C@@H]2C3CC(c4ccc(O)cc4)(CO3)[C@H]2C/C=C/CCCC(=O)O)cc1. The Morgan fingerprint density at radius 1 is 1.15 bits per heavy atom. The number of nitrogens with one attached hydrogen (secondary N) is 1. The predicted octanol–water partition coefficient (Wildman–Crippen LogP) is 3.91. The summed E-state index contributed by atoms with van der Waals surface area (Å²) >= 11 is 0. The first-order valence-electron chi connectivity index (χ1n) is 11.6. The highest BCUT2D eigenvalue weighted by atomic mass is 32.2. The molecule has 1 aliphatic heterocycles. The lowest BCUT2D eigenvalue weighted by molar-refractivity contribution is -0.137. The molecule has 3 N–H and O–H groups in total. The van der Waals surface area contributed by atoms with Gasteiger partial charge in [-0.05, 0) is 68.4 Å². The van der Waals surface area contributed by atoms with Gasteiger partial charge < -0.3 is 14.9 Å². The number of carboxylic acid groups (broad SMARTS) is 1. The number of carbonyl (C=O) groups is 1. The first-order chi connectivity index (χ1) is 16.2. The molecule has 34 heavy (non-hydrogen) atoms. The van der Waals surface area contributed by atoms with Crippen LogP contribution >= 0.6 is 0 Å². The largest absolute Gasteiger partial charge is 0.508 e. The number of rotatable bonds is 10. The highest BCUT2D eigenvalue weighted by Crippen LogP contribution is 2.54. The molecule has 1 saturated carbocycles. The molecule has 2 aliphatic rings. The van der Waals surface area contributed by atoms with Gasteiger partial charge in [-0.1, -0.05) is 42.0 Å². The van der Waals surface area contributed by atoms with E-state index in [4.69, 9.17) is 9.84 Å². The van der Waals surface area contributed by atoms with Crippen molar-refractivity contribution in [3.8, 4) is 5.75 Å². The smallest absolute Gasteiger partial charge is 0.303 e. The molecule has 0 radical (unpaired) electrons. The van der Waals surface area contributed by atoms with Crippen molar-refractivity contribution in [1.82, 2.24) is 4.72 Å².